The van der Waals surface area contributed by atoms with E-state index in [-0.39, 0.29) is 5.56 Å². The van der Waals surface area contributed by atoms with Crippen LogP contribution in [0.4, 0.5) is 8.78 Å². The van der Waals surface area contributed by atoms with Crippen LogP contribution in [0.15, 0.2) is 18.2 Å². The molecule has 1 nitrogen and oxygen atoms in total. The van der Waals surface area contributed by atoms with E-state index in [2.05, 4.69) is 4.74 Å². The summed E-state index contributed by atoms with van der Waals surface area (Å²) in [6.45, 7) is 1.13. The molecule has 0 bridgehead atoms. The van der Waals surface area contributed by atoms with Crippen LogP contribution < -0.4 is 0 Å². The summed E-state index contributed by atoms with van der Waals surface area (Å²) < 4.78 is 31.0. The maximum absolute atomic E-state index is 13.3. The lowest BCUT2D eigenvalue weighted by molar-refractivity contribution is -0.0697. The van der Waals surface area contributed by atoms with Gasteiger partial charge in [0.05, 0.1) is 0 Å². The molecular formula is C10H11ClF2O. The Morgan fingerprint density at radius 2 is 2.07 bits per heavy atom. The number of methoxy groups -OCH3 is 1. The van der Waals surface area contributed by atoms with Crippen LogP contribution in [-0.4, -0.2) is 13.7 Å². The van der Waals surface area contributed by atoms with E-state index in [4.69, 9.17) is 11.6 Å². The zero-order valence-electron chi connectivity index (χ0n) is 7.98. The van der Waals surface area contributed by atoms with E-state index in [1.165, 1.54) is 19.2 Å². The predicted molar refractivity (Wildman–Crippen MR) is 52.0 cm³/mol. The fourth-order valence-electron chi connectivity index (χ4n) is 1.08. The third-order valence-corrected chi connectivity index (χ3v) is 2.33. The van der Waals surface area contributed by atoms with Gasteiger partial charge in [0, 0.05) is 17.7 Å². The first-order valence-electron chi connectivity index (χ1n) is 4.11. The van der Waals surface area contributed by atoms with Gasteiger partial charge in [-0.2, -0.15) is 8.78 Å². The average molecular weight is 221 g/mol. The highest BCUT2D eigenvalue weighted by Gasteiger charge is 2.31. The normalized spacial score (nSPS) is 11.8. The van der Waals surface area contributed by atoms with Crippen molar-refractivity contribution in [3.63, 3.8) is 0 Å². The van der Waals surface area contributed by atoms with Gasteiger partial charge in [0.15, 0.2) is 0 Å². The van der Waals surface area contributed by atoms with Crippen LogP contribution in [0.1, 0.15) is 11.1 Å². The number of alkyl halides is 2. The summed E-state index contributed by atoms with van der Waals surface area (Å²) in [5, 5.41) is 0.346. The predicted octanol–water partition coefficient (Wildman–Crippen LogP) is 3.39. The number of ether oxygens (including phenoxy) is 1. The van der Waals surface area contributed by atoms with E-state index in [1.54, 1.807) is 13.0 Å². The molecule has 78 valence electrons. The van der Waals surface area contributed by atoms with Crippen molar-refractivity contribution in [2.45, 2.75) is 12.8 Å². The topological polar surface area (TPSA) is 9.23 Å². The quantitative estimate of drug-likeness (QED) is 0.759. The SMILES string of the molecule is COCC(F)(F)c1ccc(C)c(Cl)c1. The average Bonchev–Trinajstić information content (AvgIpc) is 2.09. The Labute approximate surface area is 86.6 Å². The molecular weight excluding hydrogens is 210 g/mol. The lowest BCUT2D eigenvalue weighted by Crippen LogP contribution is -2.20. The van der Waals surface area contributed by atoms with Gasteiger partial charge in [0.1, 0.15) is 6.61 Å². The standard InChI is InChI=1S/C10H11ClF2O/c1-7-3-4-8(5-9(7)11)10(12,13)6-14-2/h3-5H,6H2,1-2H3. The molecule has 0 amide bonds. The second-order valence-corrected chi connectivity index (χ2v) is 3.51. The monoisotopic (exact) mass is 220 g/mol. The van der Waals surface area contributed by atoms with E-state index in [9.17, 15) is 8.78 Å². The first kappa shape index (κ1) is 11.4. The Morgan fingerprint density at radius 1 is 1.43 bits per heavy atom. The summed E-state index contributed by atoms with van der Waals surface area (Å²) in [5.74, 6) is -2.98. The van der Waals surface area contributed by atoms with E-state index in [0.717, 1.165) is 5.56 Å². The van der Waals surface area contributed by atoms with Gasteiger partial charge in [-0.1, -0.05) is 23.7 Å². The Bertz CT molecular complexity index is 326. The van der Waals surface area contributed by atoms with Crippen LogP contribution in [0.5, 0.6) is 0 Å². The highest BCUT2D eigenvalue weighted by molar-refractivity contribution is 6.31. The molecule has 0 aromatic heterocycles. The van der Waals surface area contributed by atoms with Crippen molar-refractivity contribution in [1.29, 1.82) is 0 Å². The van der Waals surface area contributed by atoms with Crippen LogP contribution >= 0.6 is 11.6 Å². The zero-order chi connectivity index (χ0) is 10.8. The summed E-state index contributed by atoms with van der Waals surface area (Å²) in [7, 11) is 1.24. The largest absolute Gasteiger partial charge is 0.378 e. The molecule has 0 N–H and O–H groups in total. The molecule has 0 fully saturated rings. The maximum Gasteiger partial charge on any atom is 0.296 e. The molecule has 0 radical (unpaired) electrons. The minimum Gasteiger partial charge on any atom is -0.378 e. The molecule has 1 rings (SSSR count). The van der Waals surface area contributed by atoms with Gasteiger partial charge < -0.3 is 4.74 Å². The van der Waals surface area contributed by atoms with Gasteiger partial charge >= 0.3 is 0 Å². The lowest BCUT2D eigenvalue weighted by Gasteiger charge is -2.16. The van der Waals surface area contributed by atoms with Gasteiger partial charge in [-0.05, 0) is 18.6 Å². The second kappa shape index (κ2) is 4.24. The molecule has 0 aliphatic carbocycles. The van der Waals surface area contributed by atoms with E-state index in [0.29, 0.717) is 5.02 Å². The third-order valence-electron chi connectivity index (χ3n) is 1.92. The van der Waals surface area contributed by atoms with Crippen molar-refractivity contribution >= 4 is 11.6 Å². The maximum atomic E-state index is 13.3. The summed E-state index contributed by atoms with van der Waals surface area (Å²) in [5.41, 5.74) is 0.665. The molecule has 0 spiro atoms. The van der Waals surface area contributed by atoms with Gasteiger partial charge in [0.2, 0.25) is 0 Å². The first-order valence-corrected chi connectivity index (χ1v) is 4.48. The van der Waals surface area contributed by atoms with Crippen molar-refractivity contribution < 1.29 is 13.5 Å². The molecule has 0 unspecified atom stereocenters. The molecule has 0 heterocycles. The van der Waals surface area contributed by atoms with Crippen molar-refractivity contribution in [3.8, 4) is 0 Å². The van der Waals surface area contributed by atoms with Gasteiger partial charge in [-0.3, -0.25) is 0 Å². The molecule has 0 aliphatic rings. The van der Waals surface area contributed by atoms with Gasteiger partial charge in [-0.15, -0.1) is 0 Å². The van der Waals surface area contributed by atoms with E-state index >= 15 is 0 Å². The lowest BCUT2D eigenvalue weighted by atomic mass is 10.1. The van der Waals surface area contributed by atoms with Gasteiger partial charge in [-0.25, -0.2) is 0 Å². The Balaban J connectivity index is 3.01. The van der Waals surface area contributed by atoms with Crippen molar-refractivity contribution in [1.82, 2.24) is 0 Å². The van der Waals surface area contributed by atoms with E-state index < -0.39 is 12.5 Å². The fourth-order valence-corrected chi connectivity index (χ4v) is 1.27. The number of aryl methyl sites for hydroxylation is 1. The molecule has 0 saturated heterocycles. The molecule has 1 aromatic carbocycles. The third kappa shape index (κ3) is 2.42. The smallest absolute Gasteiger partial charge is 0.296 e. The number of halogens is 3. The number of hydrogen-bond acceptors (Lipinski definition) is 1. The summed E-state index contributed by atoms with van der Waals surface area (Å²) in [6.07, 6.45) is 0. The van der Waals surface area contributed by atoms with Crippen LogP contribution in [0.25, 0.3) is 0 Å². The van der Waals surface area contributed by atoms with Crippen LogP contribution in [0.3, 0.4) is 0 Å². The Kier molecular flexibility index (Phi) is 3.45. The first-order chi connectivity index (χ1) is 6.47. The fraction of sp³-hybridized carbons (Fsp3) is 0.400. The minimum atomic E-state index is -2.98. The van der Waals surface area contributed by atoms with Crippen molar-refractivity contribution in [2.24, 2.45) is 0 Å². The molecule has 14 heavy (non-hydrogen) atoms. The van der Waals surface area contributed by atoms with Crippen LogP contribution in [0.2, 0.25) is 5.02 Å². The van der Waals surface area contributed by atoms with Crippen molar-refractivity contribution in [2.75, 3.05) is 13.7 Å². The molecule has 0 saturated carbocycles. The number of hydrogen-bond donors (Lipinski definition) is 0. The van der Waals surface area contributed by atoms with Crippen LogP contribution in [-0.2, 0) is 10.7 Å². The molecule has 4 heteroatoms. The van der Waals surface area contributed by atoms with E-state index in [1.807, 2.05) is 0 Å². The highest BCUT2D eigenvalue weighted by Crippen LogP contribution is 2.30. The second-order valence-electron chi connectivity index (χ2n) is 3.10. The summed E-state index contributed by atoms with van der Waals surface area (Å²) in [4.78, 5) is 0. The minimum absolute atomic E-state index is 0.116. The number of benzene rings is 1. The van der Waals surface area contributed by atoms with Gasteiger partial charge in [0.25, 0.3) is 5.92 Å². The number of rotatable bonds is 3. The Morgan fingerprint density at radius 3 is 2.57 bits per heavy atom. The summed E-state index contributed by atoms with van der Waals surface area (Å²) >= 11 is 5.75. The summed E-state index contributed by atoms with van der Waals surface area (Å²) in [6, 6.07) is 4.21. The van der Waals surface area contributed by atoms with Crippen LogP contribution in [0, 0.1) is 6.92 Å². The highest BCUT2D eigenvalue weighted by atomic mass is 35.5. The molecule has 1 aromatic rings. The molecule has 0 aliphatic heterocycles. The zero-order valence-corrected chi connectivity index (χ0v) is 8.74. The van der Waals surface area contributed by atoms with Crippen molar-refractivity contribution in [3.05, 3.63) is 34.3 Å². The molecule has 0 atom stereocenters. The Hall–Kier alpha value is -0.670.